The van der Waals surface area contributed by atoms with Crippen LogP contribution in [0.5, 0.6) is 0 Å². The van der Waals surface area contributed by atoms with Gasteiger partial charge in [0.1, 0.15) is 6.26 Å². The summed E-state index contributed by atoms with van der Waals surface area (Å²) in [5.74, 6) is 2.86. The van der Waals surface area contributed by atoms with E-state index >= 15 is 0 Å². The van der Waals surface area contributed by atoms with Crippen LogP contribution in [0, 0.1) is 6.92 Å². The Labute approximate surface area is 175 Å². The molecule has 5 nitrogen and oxygen atoms in total. The van der Waals surface area contributed by atoms with Gasteiger partial charge in [-0.05, 0) is 36.2 Å². The number of benzene rings is 2. The fourth-order valence-corrected chi connectivity index (χ4v) is 4.42. The van der Waals surface area contributed by atoms with E-state index in [0.717, 1.165) is 36.4 Å². The maximum Gasteiger partial charge on any atom is 0.230 e. The van der Waals surface area contributed by atoms with Crippen LogP contribution in [-0.2, 0) is 17.8 Å². The van der Waals surface area contributed by atoms with Crippen LogP contribution < -0.4 is 5.32 Å². The molecule has 0 spiro atoms. The normalized spacial score (nSPS) is 14.7. The monoisotopic (exact) mass is 407 g/mol. The third-order valence-electron chi connectivity index (χ3n) is 4.99. The lowest BCUT2D eigenvalue weighted by atomic mass is 10.1. The molecule has 1 aliphatic rings. The van der Waals surface area contributed by atoms with Gasteiger partial charge in [0, 0.05) is 42.4 Å². The van der Waals surface area contributed by atoms with Crippen LogP contribution in [-0.4, -0.2) is 40.4 Å². The van der Waals surface area contributed by atoms with Gasteiger partial charge in [0.15, 0.2) is 0 Å². The number of nitrogens with zero attached hydrogens (tertiary/aromatic N) is 2. The van der Waals surface area contributed by atoms with E-state index in [2.05, 4.69) is 27.3 Å². The molecule has 0 bridgehead atoms. The third kappa shape index (κ3) is 5.28. The van der Waals surface area contributed by atoms with Gasteiger partial charge in [-0.25, -0.2) is 4.98 Å². The number of oxazole rings is 1. The fourth-order valence-electron chi connectivity index (χ4n) is 3.44. The first kappa shape index (κ1) is 19.7. The highest BCUT2D eigenvalue weighted by atomic mass is 32.2. The lowest BCUT2D eigenvalue weighted by molar-refractivity contribution is -0.115. The van der Waals surface area contributed by atoms with Crippen molar-refractivity contribution in [2.45, 2.75) is 19.9 Å². The molecule has 1 fully saturated rings. The first-order chi connectivity index (χ1) is 14.2. The van der Waals surface area contributed by atoms with Crippen molar-refractivity contribution >= 4 is 23.4 Å². The maximum absolute atomic E-state index is 12.5. The van der Waals surface area contributed by atoms with Crippen molar-refractivity contribution in [3.05, 3.63) is 71.6 Å². The molecule has 0 saturated carbocycles. The van der Waals surface area contributed by atoms with Gasteiger partial charge in [-0.15, -0.1) is 0 Å². The average Bonchev–Trinajstić information content (AvgIpc) is 3.20. The van der Waals surface area contributed by atoms with E-state index in [9.17, 15) is 4.79 Å². The molecule has 4 rings (SSSR count). The van der Waals surface area contributed by atoms with E-state index in [-0.39, 0.29) is 12.3 Å². The molecule has 0 unspecified atom stereocenters. The molecule has 1 aliphatic heterocycles. The summed E-state index contributed by atoms with van der Waals surface area (Å²) in [5, 5.41) is 3.00. The Kier molecular flexibility index (Phi) is 6.32. The first-order valence-electron chi connectivity index (χ1n) is 9.87. The molecular formula is C23H25N3O2S. The number of amides is 1. The molecule has 2 heterocycles. The molecule has 1 N–H and O–H groups in total. The molecule has 0 atom stereocenters. The van der Waals surface area contributed by atoms with E-state index in [4.69, 9.17) is 4.42 Å². The van der Waals surface area contributed by atoms with Crippen LogP contribution in [0.15, 0.2) is 59.2 Å². The Morgan fingerprint density at radius 2 is 1.97 bits per heavy atom. The predicted molar refractivity (Wildman–Crippen MR) is 118 cm³/mol. The van der Waals surface area contributed by atoms with Crippen molar-refractivity contribution < 1.29 is 9.21 Å². The topological polar surface area (TPSA) is 58.4 Å². The number of carbonyl (C=O) groups is 1. The Morgan fingerprint density at radius 1 is 1.17 bits per heavy atom. The molecule has 150 valence electrons. The van der Waals surface area contributed by atoms with Gasteiger partial charge in [0.05, 0.1) is 12.1 Å². The third-order valence-corrected chi connectivity index (χ3v) is 5.93. The van der Waals surface area contributed by atoms with Gasteiger partial charge in [0.25, 0.3) is 0 Å². The second-order valence-corrected chi connectivity index (χ2v) is 8.50. The second kappa shape index (κ2) is 9.29. The summed E-state index contributed by atoms with van der Waals surface area (Å²) >= 11 is 2.02. The number of hydrogen-bond acceptors (Lipinski definition) is 5. The quantitative estimate of drug-likeness (QED) is 0.657. The van der Waals surface area contributed by atoms with Crippen molar-refractivity contribution in [3.8, 4) is 11.5 Å². The Morgan fingerprint density at radius 3 is 2.72 bits per heavy atom. The van der Waals surface area contributed by atoms with Crippen LogP contribution in [0.3, 0.4) is 0 Å². The van der Waals surface area contributed by atoms with Crippen molar-refractivity contribution in [2.24, 2.45) is 0 Å². The smallest absolute Gasteiger partial charge is 0.230 e. The molecule has 0 radical (unpaired) electrons. The Bertz CT molecular complexity index is 965. The van der Waals surface area contributed by atoms with Gasteiger partial charge in [-0.2, -0.15) is 11.8 Å². The van der Waals surface area contributed by atoms with Gasteiger partial charge in [0.2, 0.25) is 11.8 Å². The number of carbonyl (C=O) groups excluding carboxylic acids is 1. The lowest BCUT2D eigenvalue weighted by Crippen LogP contribution is -2.31. The lowest BCUT2D eigenvalue weighted by Gasteiger charge is -2.26. The largest absolute Gasteiger partial charge is 0.444 e. The Hall–Kier alpha value is -2.57. The van der Waals surface area contributed by atoms with Gasteiger partial charge < -0.3 is 9.73 Å². The summed E-state index contributed by atoms with van der Waals surface area (Å²) in [6.45, 7) is 5.29. The van der Waals surface area contributed by atoms with E-state index in [0.29, 0.717) is 11.6 Å². The van der Waals surface area contributed by atoms with E-state index in [1.807, 2.05) is 55.1 Å². The SMILES string of the molecule is Cc1cc(CN2CCSCC2)ccc1NC(=O)Cc1coc(-c2ccccc2)n1. The van der Waals surface area contributed by atoms with Crippen LogP contribution in [0.1, 0.15) is 16.8 Å². The predicted octanol–water partition coefficient (Wildman–Crippen LogP) is 4.38. The molecule has 2 aromatic carbocycles. The number of nitrogens with one attached hydrogen (secondary N) is 1. The zero-order chi connectivity index (χ0) is 20.1. The molecule has 29 heavy (non-hydrogen) atoms. The number of anilines is 1. The molecule has 0 aliphatic carbocycles. The molecule has 3 aromatic rings. The number of aromatic nitrogens is 1. The minimum absolute atomic E-state index is 0.0955. The molecular weight excluding hydrogens is 382 g/mol. The number of rotatable bonds is 6. The van der Waals surface area contributed by atoms with E-state index in [1.54, 1.807) is 6.26 Å². The van der Waals surface area contributed by atoms with Crippen molar-refractivity contribution in [3.63, 3.8) is 0 Å². The molecule has 1 saturated heterocycles. The van der Waals surface area contributed by atoms with Crippen molar-refractivity contribution in [1.29, 1.82) is 0 Å². The van der Waals surface area contributed by atoms with Crippen LogP contribution >= 0.6 is 11.8 Å². The highest BCUT2D eigenvalue weighted by Crippen LogP contribution is 2.21. The van der Waals surface area contributed by atoms with E-state index in [1.165, 1.54) is 17.1 Å². The molecule has 6 heteroatoms. The summed E-state index contributed by atoms with van der Waals surface area (Å²) < 4.78 is 5.52. The minimum atomic E-state index is -0.0955. The van der Waals surface area contributed by atoms with Gasteiger partial charge in [-0.1, -0.05) is 30.3 Å². The van der Waals surface area contributed by atoms with E-state index < -0.39 is 0 Å². The molecule has 1 amide bonds. The number of thioether (sulfide) groups is 1. The highest BCUT2D eigenvalue weighted by molar-refractivity contribution is 7.99. The number of aryl methyl sites for hydroxylation is 1. The zero-order valence-electron chi connectivity index (χ0n) is 16.6. The maximum atomic E-state index is 12.5. The van der Waals surface area contributed by atoms with Crippen LogP contribution in [0.4, 0.5) is 5.69 Å². The summed E-state index contributed by atoms with van der Waals surface area (Å²) in [6, 6.07) is 16.0. The average molecular weight is 408 g/mol. The van der Waals surface area contributed by atoms with Crippen molar-refractivity contribution in [2.75, 3.05) is 29.9 Å². The zero-order valence-corrected chi connectivity index (χ0v) is 17.4. The van der Waals surface area contributed by atoms with Crippen molar-refractivity contribution in [1.82, 2.24) is 9.88 Å². The Balaban J connectivity index is 1.35. The van der Waals surface area contributed by atoms with Gasteiger partial charge >= 0.3 is 0 Å². The standard InChI is InChI=1S/C23H25N3O2S/c1-17-13-18(15-26-9-11-29-12-10-26)7-8-21(17)25-22(27)14-20-16-28-23(24-20)19-5-3-2-4-6-19/h2-8,13,16H,9-12,14-15H2,1H3,(H,25,27). The van der Waals surface area contributed by atoms with Crippen LogP contribution in [0.25, 0.3) is 11.5 Å². The summed E-state index contributed by atoms with van der Waals surface area (Å²) in [5.41, 5.74) is 4.74. The highest BCUT2D eigenvalue weighted by Gasteiger charge is 2.13. The summed E-state index contributed by atoms with van der Waals surface area (Å²) in [6.07, 6.45) is 1.73. The number of hydrogen-bond donors (Lipinski definition) is 1. The summed E-state index contributed by atoms with van der Waals surface area (Å²) in [7, 11) is 0. The summed E-state index contributed by atoms with van der Waals surface area (Å²) in [4.78, 5) is 19.4. The minimum Gasteiger partial charge on any atom is -0.444 e. The van der Waals surface area contributed by atoms with Gasteiger partial charge in [-0.3, -0.25) is 9.69 Å². The second-order valence-electron chi connectivity index (χ2n) is 7.27. The molecule has 1 aromatic heterocycles. The first-order valence-corrected chi connectivity index (χ1v) is 11.0. The van der Waals surface area contributed by atoms with Crippen LogP contribution in [0.2, 0.25) is 0 Å². The fraction of sp³-hybridized carbons (Fsp3) is 0.304.